The van der Waals surface area contributed by atoms with Gasteiger partial charge < -0.3 is 19.7 Å². The Hall–Kier alpha value is -3.56. The summed E-state index contributed by atoms with van der Waals surface area (Å²) in [5, 5.41) is 21.5. The Morgan fingerprint density at radius 1 is 0.679 bits per heavy atom. The van der Waals surface area contributed by atoms with Gasteiger partial charge in [-0.2, -0.15) is 0 Å². The van der Waals surface area contributed by atoms with Crippen molar-refractivity contribution < 1.29 is 19.7 Å². The lowest BCUT2D eigenvalue weighted by molar-refractivity contribution is -0.112. The van der Waals surface area contributed by atoms with E-state index < -0.39 is 65.0 Å². The first kappa shape index (κ1) is 45.1. The van der Waals surface area contributed by atoms with E-state index in [0.717, 1.165) is 0 Å². The maximum absolute atomic E-state index is 11.8. The Kier molecular flexibility index (Phi) is 14.8. The van der Waals surface area contributed by atoms with Crippen molar-refractivity contribution in [3.8, 4) is 0 Å². The van der Waals surface area contributed by atoms with Crippen LogP contribution in [0.4, 0.5) is 0 Å². The van der Waals surface area contributed by atoms with Gasteiger partial charge in [-0.1, -0.05) is 126 Å². The number of aliphatic hydroxyl groups excluding tert-OH is 2. The van der Waals surface area contributed by atoms with E-state index in [0.29, 0.717) is 17.9 Å². The molecule has 2 aromatic heterocycles. The molecule has 0 amide bonds. The number of ether oxygens (including phenoxy) is 2. The average molecular weight is 832 g/mol. The summed E-state index contributed by atoms with van der Waals surface area (Å²) in [4.78, 5) is 50.0. The van der Waals surface area contributed by atoms with E-state index in [1.54, 1.807) is 0 Å². The van der Waals surface area contributed by atoms with Crippen molar-refractivity contribution in [2.24, 2.45) is 11.8 Å². The third-order valence-electron chi connectivity index (χ3n) is 12.1. The predicted molar refractivity (Wildman–Crippen MR) is 224 cm³/mol. The fourth-order valence-electron chi connectivity index (χ4n) is 7.55. The number of hydrogen-bond donors (Lipinski definition) is 4. The number of aromatic nitrogens is 4. The fraction of sp³-hybridized carbons (Fsp3) is 0.512. The largest absolute Gasteiger partial charge is 0.393 e. The lowest BCUT2D eigenvalue weighted by Crippen LogP contribution is -2.61. The lowest BCUT2D eigenvalue weighted by Gasteiger charge is -2.41. The number of aromatic amines is 2. The quantitative estimate of drug-likeness (QED) is 0.148. The molecule has 4 N–H and O–H groups in total. The molecule has 2 fully saturated rings. The number of nitrogens with one attached hydrogen (secondary N) is 2. The average Bonchev–Trinajstić information content (AvgIpc) is 3.59. The van der Waals surface area contributed by atoms with E-state index in [1.807, 2.05) is 27.7 Å². The van der Waals surface area contributed by atoms with Crippen molar-refractivity contribution in [3.63, 3.8) is 0 Å². The van der Waals surface area contributed by atoms with Gasteiger partial charge in [-0.05, 0) is 17.9 Å². The number of nitrogens with zero attached hydrogens (tertiary/aromatic N) is 2. The van der Waals surface area contributed by atoms with E-state index in [2.05, 4.69) is 97.9 Å². The number of aliphatic hydroxyl groups is 2. The zero-order valence-corrected chi connectivity index (χ0v) is 35.9. The summed E-state index contributed by atoms with van der Waals surface area (Å²) < 4.78 is 14.2. The minimum absolute atomic E-state index is 0.118. The Morgan fingerprint density at radius 3 is 1.27 bits per heavy atom. The second-order valence-electron chi connectivity index (χ2n) is 15.8. The van der Waals surface area contributed by atoms with E-state index in [9.17, 15) is 29.4 Å². The van der Waals surface area contributed by atoms with Crippen LogP contribution in [0.5, 0.6) is 0 Å². The Balaban J connectivity index is 0.000000187. The molecule has 2 saturated heterocycles. The van der Waals surface area contributed by atoms with E-state index >= 15 is 0 Å². The van der Waals surface area contributed by atoms with Gasteiger partial charge >= 0.3 is 11.4 Å². The van der Waals surface area contributed by atoms with Gasteiger partial charge in [-0.25, -0.2) is 9.59 Å². The maximum Gasteiger partial charge on any atom is 0.330 e. The molecular weight excluding hydrogens is 775 g/mol. The standard InChI is InChI=1S/C17H22Si.2C12H17ClN2O4/c1-17(2,3)18(4,15-11-7-5-8-12-15)16-13-9-6-10-14-16;2*1-3-12(6-16)7(2)9(13)10(19-12)15-5-4-8(17)14-11(15)18/h5-14H,1-4H3;2*4-5,7,9-10,16H,3,6H2,1-2H3,(H,14,17,18)/t;7-,9+,10+,12+;7-,9+,10+,12-/m.00/s1. The zero-order valence-electron chi connectivity index (χ0n) is 33.4. The van der Waals surface area contributed by atoms with Gasteiger partial charge in [-0.15, -0.1) is 23.2 Å². The fourth-order valence-corrected chi connectivity index (χ4v) is 12.1. The molecule has 6 rings (SSSR count). The van der Waals surface area contributed by atoms with Crippen LogP contribution in [0.2, 0.25) is 11.6 Å². The maximum atomic E-state index is 11.8. The highest BCUT2D eigenvalue weighted by molar-refractivity contribution is 7.03. The zero-order chi connectivity index (χ0) is 41.6. The lowest BCUT2D eigenvalue weighted by atomic mass is 9.87. The van der Waals surface area contributed by atoms with Gasteiger partial charge in [0.1, 0.15) is 8.07 Å². The number of hydrogen-bond acceptors (Lipinski definition) is 8. The monoisotopic (exact) mass is 830 g/mol. The van der Waals surface area contributed by atoms with Gasteiger partial charge in [-0.3, -0.25) is 28.7 Å². The molecule has 4 aromatic rings. The van der Waals surface area contributed by atoms with Crippen molar-refractivity contribution in [1.29, 1.82) is 0 Å². The number of rotatable bonds is 8. The highest BCUT2D eigenvalue weighted by Gasteiger charge is 2.53. The molecule has 0 radical (unpaired) electrons. The van der Waals surface area contributed by atoms with Crippen LogP contribution < -0.4 is 32.9 Å². The molecule has 0 spiro atoms. The third kappa shape index (κ3) is 8.94. The van der Waals surface area contributed by atoms with Crippen molar-refractivity contribution >= 4 is 41.6 Å². The first-order valence-electron chi connectivity index (χ1n) is 19.0. The van der Waals surface area contributed by atoms with Crippen LogP contribution in [-0.4, -0.2) is 72.6 Å². The highest BCUT2D eigenvalue weighted by atomic mass is 35.5. The third-order valence-corrected chi connectivity index (χ3v) is 19.2. The highest BCUT2D eigenvalue weighted by Crippen LogP contribution is 2.46. The van der Waals surface area contributed by atoms with E-state index in [4.69, 9.17) is 32.7 Å². The van der Waals surface area contributed by atoms with Crippen molar-refractivity contribution in [3.05, 3.63) is 127 Å². The SMILES string of the molecule is CC(C)(C)[Si](C)(c1ccccc1)c1ccccc1.CC[C@@]1(CO)O[C@@H](n2ccc(=O)[nH]c2=O)[C@H](Cl)[C@@H]1C.CC[C@]1(CO)O[C@@H](n2ccc(=O)[nH]c2=O)[C@H](Cl)[C@@H]1C. The van der Waals surface area contributed by atoms with Crippen molar-refractivity contribution in [1.82, 2.24) is 19.1 Å². The predicted octanol–water partition coefficient (Wildman–Crippen LogP) is 4.58. The van der Waals surface area contributed by atoms with Crippen LogP contribution in [0, 0.1) is 11.8 Å². The molecule has 306 valence electrons. The first-order valence-corrected chi connectivity index (χ1v) is 22.3. The summed E-state index contributed by atoms with van der Waals surface area (Å²) in [6.07, 6.45) is 2.49. The molecule has 2 aliphatic rings. The number of H-pyrrole nitrogens is 2. The van der Waals surface area contributed by atoms with Crippen LogP contribution in [0.3, 0.4) is 0 Å². The molecule has 56 heavy (non-hydrogen) atoms. The molecule has 8 atom stereocenters. The first-order chi connectivity index (χ1) is 26.4. The molecule has 0 aliphatic carbocycles. The van der Waals surface area contributed by atoms with Crippen molar-refractivity contribution in [2.45, 2.75) is 107 Å². The summed E-state index contributed by atoms with van der Waals surface area (Å²) in [6.45, 7) is 16.8. The van der Waals surface area contributed by atoms with Crippen LogP contribution in [-0.2, 0) is 9.47 Å². The normalized spacial score (nSPS) is 27.5. The molecular formula is C41H56Cl2N4O8Si. The number of alkyl halides is 2. The number of halogens is 2. The summed E-state index contributed by atoms with van der Waals surface area (Å²) in [5.41, 5.74) is -3.59. The summed E-state index contributed by atoms with van der Waals surface area (Å²) in [6, 6.07) is 24.5. The smallest absolute Gasteiger partial charge is 0.330 e. The van der Waals surface area contributed by atoms with Gasteiger partial charge in [0.25, 0.3) is 11.1 Å². The Bertz CT molecular complexity index is 1970. The molecule has 12 nitrogen and oxygen atoms in total. The molecule has 0 saturated carbocycles. The van der Waals surface area contributed by atoms with E-state index in [-0.39, 0.29) is 25.0 Å². The molecule has 15 heteroatoms. The van der Waals surface area contributed by atoms with Crippen LogP contribution in [0.15, 0.2) is 104 Å². The second-order valence-corrected chi connectivity index (χ2v) is 21.7. The molecule has 0 bridgehead atoms. The van der Waals surface area contributed by atoms with Gasteiger partial charge in [0.15, 0.2) is 12.5 Å². The molecule has 0 unspecified atom stereocenters. The number of benzene rings is 2. The van der Waals surface area contributed by atoms with Crippen LogP contribution in [0.25, 0.3) is 0 Å². The van der Waals surface area contributed by atoms with Gasteiger partial charge in [0.2, 0.25) is 0 Å². The minimum atomic E-state index is -1.70. The summed E-state index contributed by atoms with van der Waals surface area (Å²) in [5.74, 6) is -0.235. The van der Waals surface area contributed by atoms with Gasteiger partial charge in [0.05, 0.1) is 35.2 Å². The topological polar surface area (TPSA) is 169 Å². The van der Waals surface area contributed by atoms with Gasteiger partial charge in [0, 0.05) is 36.4 Å². The summed E-state index contributed by atoms with van der Waals surface area (Å²) >= 11 is 12.7. The van der Waals surface area contributed by atoms with Crippen LogP contribution in [0.1, 0.15) is 73.8 Å². The molecule has 4 heterocycles. The van der Waals surface area contributed by atoms with Crippen LogP contribution >= 0.6 is 23.2 Å². The minimum Gasteiger partial charge on any atom is -0.393 e. The Morgan fingerprint density at radius 2 is 1.02 bits per heavy atom. The second kappa shape index (κ2) is 18.4. The molecule has 2 aromatic carbocycles. The van der Waals surface area contributed by atoms with E-state index in [1.165, 1.54) is 44.0 Å². The summed E-state index contributed by atoms with van der Waals surface area (Å²) in [7, 11) is -1.70. The van der Waals surface area contributed by atoms with Crippen molar-refractivity contribution in [2.75, 3.05) is 13.2 Å². The molecule has 2 aliphatic heterocycles. The Labute approximate surface area is 338 Å².